The smallest absolute Gasteiger partial charge is 0.0703 e. The third kappa shape index (κ3) is 2.33. The van der Waals surface area contributed by atoms with Gasteiger partial charge in [-0.25, -0.2) is 0 Å². The molecule has 3 fully saturated rings. The van der Waals surface area contributed by atoms with Crippen LogP contribution in [0.25, 0.3) is 0 Å². The summed E-state index contributed by atoms with van der Waals surface area (Å²) in [5.74, 6) is 0. The zero-order valence-electron chi connectivity index (χ0n) is 12.3. The summed E-state index contributed by atoms with van der Waals surface area (Å²) >= 11 is 0. The quantitative estimate of drug-likeness (QED) is 0.808. The topological polar surface area (TPSA) is 41.7 Å². The molecule has 0 saturated carbocycles. The number of rotatable bonds is 5. The predicted molar refractivity (Wildman–Crippen MR) is 77.2 cm³/mol. The first-order valence-electron chi connectivity index (χ1n) is 8.11. The summed E-state index contributed by atoms with van der Waals surface area (Å²) in [4.78, 5) is 5.32. The lowest BCUT2D eigenvalue weighted by Gasteiger charge is -2.45. The van der Waals surface area contributed by atoms with Crippen LogP contribution in [0.4, 0.5) is 0 Å². The van der Waals surface area contributed by atoms with E-state index in [0.717, 1.165) is 26.2 Å². The molecule has 0 aromatic rings. The number of hydrogen-bond acceptors (Lipinski definition) is 4. The molecular weight excluding hydrogens is 238 g/mol. The van der Waals surface area contributed by atoms with Crippen molar-refractivity contribution in [1.82, 2.24) is 9.80 Å². The van der Waals surface area contributed by atoms with Crippen LogP contribution in [0.15, 0.2) is 0 Å². The van der Waals surface area contributed by atoms with Crippen molar-refractivity contribution in [3.63, 3.8) is 0 Å². The average Bonchev–Trinajstić information content (AvgIpc) is 3.14. The van der Waals surface area contributed by atoms with Gasteiger partial charge in [-0.2, -0.15) is 0 Å². The second-order valence-corrected chi connectivity index (χ2v) is 6.43. The zero-order valence-corrected chi connectivity index (χ0v) is 12.3. The van der Waals surface area contributed by atoms with Gasteiger partial charge >= 0.3 is 0 Å². The highest BCUT2D eigenvalue weighted by Crippen LogP contribution is 2.40. The standard InChI is InChI=1S/C15H29N3O/c1-2-18(11-13-5-4-10-19-13)15(12-16)7-9-17-8-3-6-14(15)17/h13-14H,2-12,16H2,1H3. The van der Waals surface area contributed by atoms with Gasteiger partial charge in [-0.1, -0.05) is 6.92 Å². The Kier molecular flexibility index (Phi) is 4.13. The lowest BCUT2D eigenvalue weighted by molar-refractivity contribution is 0.0118. The van der Waals surface area contributed by atoms with Gasteiger partial charge in [0.2, 0.25) is 0 Å². The minimum Gasteiger partial charge on any atom is -0.377 e. The maximum Gasteiger partial charge on any atom is 0.0703 e. The maximum absolute atomic E-state index is 6.27. The van der Waals surface area contributed by atoms with E-state index in [1.165, 1.54) is 45.2 Å². The van der Waals surface area contributed by atoms with Crippen LogP contribution in [0.1, 0.15) is 39.0 Å². The largest absolute Gasteiger partial charge is 0.377 e. The molecule has 4 heteroatoms. The van der Waals surface area contributed by atoms with Crippen molar-refractivity contribution in [2.75, 3.05) is 39.3 Å². The van der Waals surface area contributed by atoms with Gasteiger partial charge in [0.15, 0.2) is 0 Å². The third-order valence-electron chi connectivity index (χ3n) is 5.63. The van der Waals surface area contributed by atoms with Gasteiger partial charge in [0, 0.05) is 37.8 Å². The second-order valence-electron chi connectivity index (χ2n) is 6.43. The van der Waals surface area contributed by atoms with E-state index in [1.54, 1.807) is 0 Å². The van der Waals surface area contributed by atoms with Crippen LogP contribution in [-0.2, 0) is 4.74 Å². The summed E-state index contributed by atoms with van der Waals surface area (Å²) in [5.41, 5.74) is 6.49. The molecule has 0 bridgehead atoms. The summed E-state index contributed by atoms with van der Waals surface area (Å²) < 4.78 is 5.85. The minimum atomic E-state index is 0.219. The summed E-state index contributed by atoms with van der Waals surface area (Å²) in [5, 5.41) is 0. The number of nitrogens with two attached hydrogens (primary N) is 1. The summed E-state index contributed by atoms with van der Waals surface area (Å²) in [6.07, 6.45) is 6.83. The molecule has 3 heterocycles. The van der Waals surface area contributed by atoms with E-state index < -0.39 is 0 Å². The average molecular weight is 267 g/mol. The summed E-state index contributed by atoms with van der Waals surface area (Å²) in [6, 6.07) is 0.693. The third-order valence-corrected chi connectivity index (χ3v) is 5.63. The Bertz CT molecular complexity index is 306. The molecule has 0 amide bonds. The van der Waals surface area contributed by atoms with Crippen LogP contribution in [0, 0.1) is 0 Å². The Hall–Kier alpha value is -0.160. The first kappa shape index (κ1) is 13.8. The highest BCUT2D eigenvalue weighted by atomic mass is 16.5. The Morgan fingerprint density at radius 2 is 2.21 bits per heavy atom. The number of nitrogens with zero attached hydrogens (tertiary/aromatic N) is 2. The molecule has 0 aromatic carbocycles. The molecule has 3 rings (SSSR count). The van der Waals surface area contributed by atoms with Crippen LogP contribution in [0.5, 0.6) is 0 Å². The molecule has 4 nitrogen and oxygen atoms in total. The summed E-state index contributed by atoms with van der Waals surface area (Å²) in [6.45, 7) is 8.74. The maximum atomic E-state index is 6.27. The van der Waals surface area contributed by atoms with E-state index in [4.69, 9.17) is 10.5 Å². The van der Waals surface area contributed by atoms with Crippen molar-refractivity contribution < 1.29 is 4.74 Å². The molecular formula is C15H29N3O. The molecule has 3 unspecified atom stereocenters. The van der Waals surface area contributed by atoms with Crippen LogP contribution >= 0.6 is 0 Å². The van der Waals surface area contributed by atoms with Crippen molar-refractivity contribution in [3.05, 3.63) is 0 Å². The second kappa shape index (κ2) is 5.68. The minimum absolute atomic E-state index is 0.219. The first-order chi connectivity index (χ1) is 9.30. The van der Waals surface area contributed by atoms with E-state index >= 15 is 0 Å². The number of hydrogen-bond donors (Lipinski definition) is 1. The van der Waals surface area contributed by atoms with Crippen LogP contribution in [-0.4, -0.2) is 66.8 Å². The predicted octanol–water partition coefficient (Wildman–Crippen LogP) is 1.05. The molecule has 2 N–H and O–H groups in total. The van der Waals surface area contributed by atoms with E-state index in [-0.39, 0.29) is 5.54 Å². The lowest BCUT2D eigenvalue weighted by Crippen LogP contribution is -2.61. The number of likely N-dealkylation sites (N-methyl/N-ethyl adjacent to an activating group) is 1. The van der Waals surface area contributed by atoms with Crippen molar-refractivity contribution in [2.24, 2.45) is 5.73 Å². The fourth-order valence-electron chi connectivity index (χ4n) is 4.60. The molecule has 0 radical (unpaired) electrons. The summed E-state index contributed by atoms with van der Waals surface area (Å²) in [7, 11) is 0. The van der Waals surface area contributed by atoms with Crippen molar-refractivity contribution >= 4 is 0 Å². The van der Waals surface area contributed by atoms with Gasteiger partial charge in [0.1, 0.15) is 0 Å². The molecule has 110 valence electrons. The van der Waals surface area contributed by atoms with Crippen molar-refractivity contribution in [1.29, 1.82) is 0 Å². The van der Waals surface area contributed by atoms with Crippen LogP contribution < -0.4 is 5.73 Å². The number of fused-ring (bicyclic) bond motifs is 1. The van der Waals surface area contributed by atoms with Gasteiger partial charge in [-0.3, -0.25) is 9.80 Å². The zero-order chi connectivity index (χ0) is 13.3. The van der Waals surface area contributed by atoms with Crippen LogP contribution in [0.2, 0.25) is 0 Å². The van der Waals surface area contributed by atoms with Crippen LogP contribution in [0.3, 0.4) is 0 Å². The Balaban J connectivity index is 1.74. The normalized spacial score (nSPS) is 39.3. The highest BCUT2D eigenvalue weighted by molar-refractivity contribution is 5.10. The molecule has 0 aromatic heterocycles. The highest BCUT2D eigenvalue weighted by Gasteiger charge is 2.51. The molecule has 0 aliphatic carbocycles. The first-order valence-corrected chi connectivity index (χ1v) is 8.11. The molecule has 19 heavy (non-hydrogen) atoms. The fourth-order valence-corrected chi connectivity index (χ4v) is 4.60. The number of ether oxygens (including phenoxy) is 1. The van der Waals surface area contributed by atoms with Gasteiger partial charge in [-0.15, -0.1) is 0 Å². The van der Waals surface area contributed by atoms with Crippen molar-refractivity contribution in [2.45, 2.75) is 56.7 Å². The monoisotopic (exact) mass is 267 g/mol. The van der Waals surface area contributed by atoms with Gasteiger partial charge in [-0.05, 0) is 45.2 Å². The van der Waals surface area contributed by atoms with E-state index in [0.29, 0.717) is 12.1 Å². The van der Waals surface area contributed by atoms with Gasteiger partial charge in [0.05, 0.1) is 6.10 Å². The molecule has 3 aliphatic heterocycles. The van der Waals surface area contributed by atoms with E-state index in [9.17, 15) is 0 Å². The molecule has 3 saturated heterocycles. The van der Waals surface area contributed by atoms with Gasteiger partial charge in [0.25, 0.3) is 0 Å². The fraction of sp³-hybridized carbons (Fsp3) is 1.00. The van der Waals surface area contributed by atoms with E-state index in [2.05, 4.69) is 16.7 Å². The molecule has 0 spiro atoms. The molecule has 3 aliphatic rings. The Morgan fingerprint density at radius 1 is 1.32 bits per heavy atom. The van der Waals surface area contributed by atoms with Gasteiger partial charge < -0.3 is 10.5 Å². The van der Waals surface area contributed by atoms with E-state index in [1.807, 2.05) is 0 Å². The molecule has 3 atom stereocenters. The van der Waals surface area contributed by atoms with Crippen molar-refractivity contribution in [3.8, 4) is 0 Å². The SMILES string of the molecule is CCN(CC1CCCO1)C1(CN)CCN2CCCC21. The Morgan fingerprint density at radius 3 is 2.89 bits per heavy atom. The Labute approximate surface area is 117 Å². The lowest BCUT2D eigenvalue weighted by atomic mass is 9.86.